The molecule has 0 bridgehead atoms. The fourth-order valence-corrected chi connectivity index (χ4v) is 3.12. The zero-order chi connectivity index (χ0) is 16.3. The highest BCUT2D eigenvalue weighted by Gasteiger charge is 2.26. The number of hydrogen-bond acceptors (Lipinski definition) is 6. The maximum atomic E-state index is 12.3. The maximum Gasteiger partial charge on any atom is 0.376 e. The lowest BCUT2D eigenvalue weighted by atomic mass is 10.2. The van der Waals surface area contributed by atoms with Gasteiger partial charge in [-0.3, -0.25) is 4.79 Å². The molecule has 1 atom stereocenters. The molecular formula is C13H12N2O6S. The molecule has 8 nitrogen and oxygen atoms in total. The van der Waals surface area contributed by atoms with Crippen LogP contribution < -0.4 is 0 Å². The normalized spacial score (nSPS) is 18.4. The number of carbonyl (C=O) groups is 2. The van der Waals surface area contributed by atoms with Gasteiger partial charge in [0.2, 0.25) is 0 Å². The second-order valence-electron chi connectivity index (χ2n) is 4.40. The number of aliphatic hydroxyl groups is 1. The van der Waals surface area contributed by atoms with Gasteiger partial charge in [-0.1, -0.05) is 24.3 Å². The Morgan fingerprint density at radius 3 is 2.64 bits per heavy atom. The molecule has 2 N–H and O–H groups in total. The summed E-state index contributed by atoms with van der Waals surface area (Å²) in [5.74, 6) is -3.80. The zero-order valence-corrected chi connectivity index (χ0v) is 12.0. The van der Waals surface area contributed by atoms with Crippen molar-refractivity contribution in [1.82, 2.24) is 9.19 Å². The average molecular weight is 324 g/mol. The van der Waals surface area contributed by atoms with Crippen molar-refractivity contribution in [1.29, 1.82) is 0 Å². The van der Waals surface area contributed by atoms with Crippen LogP contribution >= 0.6 is 0 Å². The Labute approximate surface area is 125 Å². The van der Waals surface area contributed by atoms with Crippen molar-refractivity contribution in [3.8, 4) is 0 Å². The molecule has 1 aliphatic carbocycles. The molecule has 0 aliphatic heterocycles. The molecule has 1 aromatic heterocycles. The topological polar surface area (TPSA) is 127 Å². The van der Waals surface area contributed by atoms with E-state index in [0.29, 0.717) is 16.6 Å². The lowest BCUT2D eigenvalue weighted by Gasteiger charge is -2.13. The van der Waals surface area contributed by atoms with E-state index in [-0.39, 0.29) is 5.69 Å². The van der Waals surface area contributed by atoms with Crippen LogP contribution in [0, 0.1) is 0 Å². The second-order valence-corrected chi connectivity index (χ2v) is 6.41. The summed E-state index contributed by atoms with van der Waals surface area (Å²) in [5.41, 5.74) is -0.214. The molecule has 1 unspecified atom stereocenters. The van der Waals surface area contributed by atoms with Crippen LogP contribution in [-0.4, -0.2) is 44.8 Å². The first kappa shape index (κ1) is 15.7. The summed E-state index contributed by atoms with van der Waals surface area (Å²) in [6.07, 6.45) is 8.44. The Hall–Kier alpha value is -2.68. The van der Waals surface area contributed by atoms with Crippen LogP contribution in [0.1, 0.15) is 12.1 Å². The van der Waals surface area contributed by atoms with Gasteiger partial charge in [0.1, 0.15) is 16.7 Å². The van der Waals surface area contributed by atoms with Crippen molar-refractivity contribution in [3.63, 3.8) is 0 Å². The van der Waals surface area contributed by atoms with Gasteiger partial charge in [-0.25, -0.2) is 13.2 Å². The number of allylic oxidation sites excluding steroid dienone is 3. The quantitative estimate of drug-likeness (QED) is 0.458. The predicted molar refractivity (Wildman–Crippen MR) is 76.5 cm³/mol. The molecule has 0 aromatic carbocycles. The molecule has 0 saturated heterocycles. The van der Waals surface area contributed by atoms with E-state index in [1.807, 2.05) is 0 Å². The van der Waals surface area contributed by atoms with E-state index in [4.69, 9.17) is 5.11 Å². The Morgan fingerprint density at radius 2 is 2.05 bits per heavy atom. The third-order valence-electron chi connectivity index (χ3n) is 2.89. The average Bonchev–Trinajstić information content (AvgIpc) is 2.98. The van der Waals surface area contributed by atoms with E-state index in [0.717, 1.165) is 6.20 Å². The summed E-state index contributed by atoms with van der Waals surface area (Å²) in [5, 5.41) is 20.9. The number of aliphatic hydroxyl groups excluding tert-OH is 1. The largest absolute Gasteiger partial charge is 0.505 e. The van der Waals surface area contributed by atoms with Gasteiger partial charge in [-0.15, -0.1) is 0 Å². The minimum absolute atomic E-state index is 0.214. The zero-order valence-electron chi connectivity index (χ0n) is 11.2. The van der Waals surface area contributed by atoms with Crippen LogP contribution in [0.15, 0.2) is 42.6 Å². The predicted octanol–water partition coefficient (Wildman–Crippen LogP) is 0.498. The summed E-state index contributed by atoms with van der Waals surface area (Å²) in [4.78, 5) is 21.4. The number of carboxylic acids is 1. The van der Waals surface area contributed by atoms with E-state index in [2.05, 4.69) is 5.10 Å². The van der Waals surface area contributed by atoms with Crippen molar-refractivity contribution < 1.29 is 28.2 Å². The van der Waals surface area contributed by atoms with Gasteiger partial charge >= 0.3 is 5.97 Å². The molecule has 2 rings (SSSR count). The fourth-order valence-electron chi connectivity index (χ4n) is 1.76. The number of nitrogens with zero attached hydrogens (tertiary/aromatic N) is 2. The fraction of sp³-hybridized carbons (Fsp3) is 0.154. The van der Waals surface area contributed by atoms with E-state index >= 15 is 0 Å². The van der Waals surface area contributed by atoms with Gasteiger partial charge in [-0.05, 0) is 12.5 Å². The number of hydrogen-bond donors (Lipinski definition) is 2. The summed E-state index contributed by atoms with van der Waals surface area (Å²) < 4.78 is 25.3. The first-order valence-electron chi connectivity index (χ1n) is 6.14. The van der Waals surface area contributed by atoms with Crippen LogP contribution in [0.5, 0.6) is 0 Å². The van der Waals surface area contributed by atoms with Crippen molar-refractivity contribution in [2.45, 2.75) is 11.7 Å². The molecule has 9 heteroatoms. The van der Waals surface area contributed by atoms with Gasteiger partial charge in [-0.2, -0.15) is 9.19 Å². The van der Waals surface area contributed by atoms with E-state index in [1.165, 1.54) is 12.1 Å². The Balaban J connectivity index is 2.28. The van der Waals surface area contributed by atoms with Crippen molar-refractivity contribution in [3.05, 3.63) is 48.3 Å². The lowest BCUT2D eigenvalue weighted by molar-refractivity contribution is -0.146. The first-order chi connectivity index (χ1) is 10.3. The SMILES string of the molecule is O=C(O)C(=O)C=C(O)c1ccn(S(=O)(=O)C2C=CC=CC2)n1. The summed E-state index contributed by atoms with van der Waals surface area (Å²) >= 11 is 0. The number of carbonyl (C=O) groups excluding carboxylic acids is 1. The smallest absolute Gasteiger partial charge is 0.376 e. The molecular weight excluding hydrogens is 312 g/mol. The monoisotopic (exact) mass is 324 g/mol. The van der Waals surface area contributed by atoms with Crippen LogP contribution in [0.2, 0.25) is 0 Å². The molecule has 1 aliphatic rings. The minimum Gasteiger partial charge on any atom is -0.505 e. The number of rotatable bonds is 5. The number of aliphatic carboxylic acids is 1. The molecule has 0 radical (unpaired) electrons. The van der Waals surface area contributed by atoms with E-state index in [9.17, 15) is 23.1 Å². The van der Waals surface area contributed by atoms with Crippen LogP contribution in [0.3, 0.4) is 0 Å². The molecule has 0 fully saturated rings. The van der Waals surface area contributed by atoms with Crippen LogP contribution in [-0.2, 0) is 19.6 Å². The summed E-state index contributed by atoms with van der Waals surface area (Å²) in [6, 6.07) is 1.17. The highest BCUT2D eigenvalue weighted by molar-refractivity contribution is 7.90. The number of ketones is 1. The minimum atomic E-state index is -3.79. The Bertz CT molecular complexity index is 800. The van der Waals surface area contributed by atoms with E-state index in [1.54, 1.807) is 18.2 Å². The molecule has 0 saturated carbocycles. The van der Waals surface area contributed by atoms with Crippen LogP contribution in [0.25, 0.3) is 5.76 Å². The van der Waals surface area contributed by atoms with Gasteiger partial charge < -0.3 is 10.2 Å². The van der Waals surface area contributed by atoms with E-state index < -0.39 is 32.8 Å². The lowest BCUT2D eigenvalue weighted by Crippen LogP contribution is -2.26. The van der Waals surface area contributed by atoms with Crippen molar-refractivity contribution >= 4 is 27.5 Å². The second kappa shape index (κ2) is 5.98. The maximum absolute atomic E-state index is 12.3. The van der Waals surface area contributed by atoms with Crippen molar-refractivity contribution in [2.24, 2.45) is 0 Å². The standard InChI is InChI=1S/C13H12N2O6S/c16-11(8-12(17)13(18)19)10-6-7-15(14-10)22(20,21)9-4-2-1-3-5-9/h1-4,6-9,16H,5H2,(H,18,19). The third-order valence-corrected chi connectivity index (χ3v) is 4.73. The van der Waals surface area contributed by atoms with Gasteiger partial charge in [0.25, 0.3) is 15.8 Å². The van der Waals surface area contributed by atoms with Gasteiger partial charge in [0.15, 0.2) is 0 Å². The highest BCUT2D eigenvalue weighted by Crippen LogP contribution is 2.17. The van der Waals surface area contributed by atoms with Crippen molar-refractivity contribution in [2.75, 3.05) is 0 Å². The summed E-state index contributed by atoms with van der Waals surface area (Å²) in [6.45, 7) is 0. The first-order valence-corrected chi connectivity index (χ1v) is 7.64. The highest BCUT2D eigenvalue weighted by atomic mass is 32.2. The molecule has 116 valence electrons. The molecule has 1 aromatic rings. The molecule has 0 spiro atoms. The number of aromatic nitrogens is 2. The third kappa shape index (κ3) is 3.14. The molecule has 22 heavy (non-hydrogen) atoms. The van der Waals surface area contributed by atoms with Gasteiger partial charge in [0.05, 0.1) is 0 Å². The van der Waals surface area contributed by atoms with Crippen LogP contribution in [0.4, 0.5) is 0 Å². The summed E-state index contributed by atoms with van der Waals surface area (Å²) in [7, 11) is -3.79. The number of carboxylic acid groups (broad SMARTS) is 1. The molecule has 1 heterocycles. The van der Waals surface area contributed by atoms with Gasteiger partial charge in [0, 0.05) is 12.3 Å². The Morgan fingerprint density at radius 1 is 1.32 bits per heavy atom. The molecule has 0 amide bonds. The Kier molecular flexibility index (Phi) is 4.27.